The van der Waals surface area contributed by atoms with Crippen LogP contribution in [-0.4, -0.2) is 6.04 Å². The molecule has 1 saturated carbocycles. The second-order valence-corrected chi connectivity index (χ2v) is 7.23. The van der Waals surface area contributed by atoms with Crippen LogP contribution < -0.4 is 5.32 Å². The maximum Gasteiger partial charge on any atom is 0.0294 e. The van der Waals surface area contributed by atoms with E-state index in [9.17, 15) is 0 Å². The molecule has 0 heterocycles. The minimum absolute atomic E-state index is 0.451. The standard InChI is InChI=1S/C19H31N/c1-13(2)18-11-8-15(4)12-19(18)20-16(5)17-9-6-14(3)7-10-17/h6-7,9-10,13,15-16,18-20H,8,11-12H2,1-5H3/t15?,16-,18?,19?/m0/s1. The first-order chi connectivity index (χ1) is 9.47. The summed E-state index contributed by atoms with van der Waals surface area (Å²) in [5.41, 5.74) is 2.75. The Morgan fingerprint density at radius 1 is 1.05 bits per heavy atom. The second kappa shape index (κ2) is 6.76. The Morgan fingerprint density at radius 3 is 2.30 bits per heavy atom. The van der Waals surface area contributed by atoms with Gasteiger partial charge < -0.3 is 5.32 Å². The van der Waals surface area contributed by atoms with Crippen LogP contribution in [0.1, 0.15) is 64.1 Å². The summed E-state index contributed by atoms with van der Waals surface area (Å²) in [5.74, 6) is 2.48. The van der Waals surface area contributed by atoms with Crippen molar-refractivity contribution in [1.82, 2.24) is 5.32 Å². The molecule has 0 radical (unpaired) electrons. The average molecular weight is 273 g/mol. The minimum Gasteiger partial charge on any atom is -0.307 e. The molecule has 1 aromatic rings. The molecule has 1 aliphatic carbocycles. The molecule has 3 unspecified atom stereocenters. The number of benzene rings is 1. The van der Waals surface area contributed by atoms with Crippen LogP contribution in [0.4, 0.5) is 0 Å². The Balaban J connectivity index is 2.03. The predicted octanol–water partition coefficient (Wildman–Crippen LogP) is 5.11. The smallest absolute Gasteiger partial charge is 0.0294 e. The summed E-state index contributed by atoms with van der Waals surface area (Å²) >= 11 is 0. The van der Waals surface area contributed by atoms with Gasteiger partial charge in [-0.3, -0.25) is 0 Å². The third kappa shape index (κ3) is 3.85. The highest BCUT2D eigenvalue weighted by atomic mass is 15.0. The summed E-state index contributed by atoms with van der Waals surface area (Å²) in [6, 6.07) is 10.1. The Hall–Kier alpha value is -0.820. The van der Waals surface area contributed by atoms with Crippen molar-refractivity contribution < 1.29 is 0 Å². The molecule has 112 valence electrons. The summed E-state index contributed by atoms with van der Waals surface area (Å²) in [5, 5.41) is 3.92. The molecule has 1 aliphatic rings. The number of aryl methyl sites for hydroxylation is 1. The zero-order chi connectivity index (χ0) is 14.7. The molecule has 1 aromatic carbocycles. The molecule has 1 heteroatoms. The first kappa shape index (κ1) is 15.6. The van der Waals surface area contributed by atoms with E-state index in [0.717, 1.165) is 17.8 Å². The van der Waals surface area contributed by atoms with Crippen LogP contribution in [0.15, 0.2) is 24.3 Å². The lowest BCUT2D eigenvalue weighted by Gasteiger charge is -2.39. The molecule has 1 N–H and O–H groups in total. The third-order valence-corrected chi connectivity index (χ3v) is 5.06. The van der Waals surface area contributed by atoms with Crippen LogP contribution in [0.2, 0.25) is 0 Å². The molecule has 1 fully saturated rings. The van der Waals surface area contributed by atoms with E-state index in [1.807, 2.05) is 0 Å². The number of rotatable bonds is 4. The lowest BCUT2D eigenvalue weighted by atomic mass is 9.73. The molecule has 0 aromatic heterocycles. The molecule has 20 heavy (non-hydrogen) atoms. The van der Waals surface area contributed by atoms with Crippen molar-refractivity contribution in [3.63, 3.8) is 0 Å². The fourth-order valence-corrected chi connectivity index (χ4v) is 3.67. The van der Waals surface area contributed by atoms with Gasteiger partial charge in [-0.2, -0.15) is 0 Å². The van der Waals surface area contributed by atoms with Crippen molar-refractivity contribution in [3.05, 3.63) is 35.4 Å². The monoisotopic (exact) mass is 273 g/mol. The van der Waals surface area contributed by atoms with Gasteiger partial charge in [-0.25, -0.2) is 0 Å². The van der Waals surface area contributed by atoms with E-state index in [1.54, 1.807) is 0 Å². The van der Waals surface area contributed by atoms with Crippen molar-refractivity contribution in [3.8, 4) is 0 Å². The van der Waals surface area contributed by atoms with E-state index >= 15 is 0 Å². The molecular weight excluding hydrogens is 242 g/mol. The number of hydrogen-bond donors (Lipinski definition) is 1. The number of nitrogens with one attached hydrogen (secondary N) is 1. The lowest BCUT2D eigenvalue weighted by molar-refractivity contribution is 0.161. The molecule has 0 saturated heterocycles. The van der Waals surface area contributed by atoms with Crippen molar-refractivity contribution in [2.75, 3.05) is 0 Å². The van der Waals surface area contributed by atoms with Gasteiger partial charge in [0, 0.05) is 12.1 Å². The molecule has 4 atom stereocenters. The van der Waals surface area contributed by atoms with E-state index in [4.69, 9.17) is 0 Å². The van der Waals surface area contributed by atoms with Gasteiger partial charge in [0.1, 0.15) is 0 Å². The summed E-state index contributed by atoms with van der Waals surface area (Å²) in [4.78, 5) is 0. The van der Waals surface area contributed by atoms with Gasteiger partial charge in [-0.05, 0) is 50.0 Å². The quantitative estimate of drug-likeness (QED) is 0.804. The molecule has 0 spiro atoms. The van der Waals surface area contributed by atoms with Crippen LogP contribution in [0.3, 0.4) is 0 Å². The van der Waals surface area contributed by atoms with Gasteiger partial charge in [-0.1, -0.05) is 57.0 Å². The fourth-order valence-electron chi connectivity index (χ4n) is 3.67. The minimum atomic E-state index is 0.451. The summed E-state index contributed by atoms with van der Waals surface area (Å²) < 4.78 is 0. The largest absolute Gasteiger partial charge is 0.307 e. The Bertz CT molecular complexity index is 406. The highest BCUT2D eigenvalue weighted by Gasteiger charge is 2.31. The first-order valence-corrected chi connectivity index (χ1v) is 8.30. The number of hydrogen-bond acceptors (Lipinski definition) is 1. The van der Waals surface area contributed by atoms with E-state index in [-0.39, 0.29) is 0 Å². The zero-order valence-electron chi connectivity index (χ0n) is 13.8. The van der Waals surface area contributed by atoms with Crippen LogP contribution in [0, 0.1) is 24.7 Å². The fraction of sp³-hybridized carbons (Fsp3) is 0.684. The van der Waals surface area contributed by atoms with Crippen LogP contribution in [-0.2, 0) is 0 Å². The SMILES string of the molecule is Cc1ccc([C@H](C)NC2CC(C)CCC2C(C)C)cc1. The van der Waals surface area contributed by atoms with Crippen molar-refractivity contribution in [2.45, 2.75) is 66.0 Å². The van der Waals surface area contributed by atoms with Crippen molar-refractivity contribution in [1.29, 1.82) is 0 Å². The Labute approximate surface area is 125 Å². The van der Waals surface area contributed by atoms with Gasteiger partial charge in [0.2, 0.25) is 0 Å². The average Bonchev–Trinajstić information content (AvgIpc) is 2.39. The lowest BCUT2D eigenvalue weighted by Crippen LogP contribution is -2.43. The normalized spacial score (nSPS) is 28.6. The molecular formula is C19H31N. The maximum absolute atomic E-state index is 3.92. The maximum atomic E-state index is 3.92. The van der Waals surface area contributed by atoms with Crippen molar-refractivity contribution >= 4 is 0 Å². The summed E-state index contributed by atoms with van der Waals surface area (Å²) in [6.45, 7) is 11.6. The third-order valence-electron chi connectivity index (χ3n) is 5.06. The van der Waals surface area contributed by atoms with Crippen molar-refractivity contribution in [2.24, 2.45) is 17.8 Å². The highest BCUT2D eigenvalue weighted by Crippen LogP contribution is 2.34. The predicted molar refractivity (Wildman–Crippen MR) is 87.9 cm³/mol. The molecule has 0 aliphatic heterocycles. The second-order valence-electron chi connectivity index (χ2n) is 7.23. The van der Waals surface area contributed by atoms with E-state index in [2.05, 4.69) is 64.2 Å². The Morgan fingerprint density at radius 2 is 1.70 bits per heavy atom. The van der Waals surface area contributed by atoms with E-state index in [0.29, 0.717) is 12.1 Å². The van der Waals surface area contributed by atoms with Gasteiger partial charge >= 0.3 is 0 Å². The van der Waals surface area contributed by atoms with Gasteiger partial charge in [0.15, 0.2) is 0 Å². The Kier molecular flexibility index (Phi) is 5.26. The topological polar surface area (TPSA) is 12.0 Å². The van der Waals surface area contributed by atoms with Gasteiger partial charge in [0.25, 0.3) is 0 Å². The first-order valence-electron chi connectivity index (χ1n) is 8.30. The van der Waals surface area contributed by atoms with Gasteiger partial charge in [-0.15, -0.1) is 0 Å². The highest BCUT2D eigenvalue weighted by molar-refractivity contribution is 5.23. The molecule has 2 rings (SSSR count). The van der Waals surface area contributed by atoms with E-state index in [1.165, 1.54) is 30.4 Å². The van der Waals surface area contributed by atoms with Crippen LogP contribution in [0.5, 0.6) is 0 Å². The van der Waals surface area contributed by atoms with Gasteiger partial charge in [0.05, 0.1) is 0 Å². The van der Waals surface area contributed by atoms with E-state index < -0.39 is 0 Å². The molecule has 0 amide bonds. The molecule has 0 bridgehead atoms. The molecule has 1 nitrogen and oxygen atoms in total. The zero-order valence-corrected chi connectivity index (χ0v) is 13.8. The summed E-state index contributed by atoms with van der Waals surface area (Å²) in [6.07, 6.45) is 4.12. The summed E-state index contributed by atoms with van der Waals surface area (Å²) in [7, 11) is 0. The van der Waals surface area contributed by atoms with Crippen LogP contribution >= 0.6 is 0 Å². The van der Waals surface area contributed by atoms with Crippen LogP contribution in [0.25, 0.3) is 0 Å².